The summed E-state index contributed by atoms with van der Waals surface area (Å²) >= 11 is 5.71. The van der Waals surface area contributed by atoms with E-state index in [4.69, 9.17) is 16.7 Å². The van der Waals surface area contributed by atoms with Crippen molar-refractivity contribution in [3.05, 3.63) is 33.1 Å². The van der Waals surface area contributed by atoms with Gasteiger partial charge in [0.25, 0.3) is 11.6 Å². The molecule has 0 saturated heterocycles. The zero-order valence-corrected chi connectivity index (χ0v) is 10.8. The van der Waals surface area contributed by atoms with E-state index in [1.165, 1.54) is 0 Å². The van der Waals surface area contributed by atoms with E-state index in [-0.39, 0.29) is 16.6 Å². The summed E-state index contributed by atoms with van der Waals surface area (Å²) in [6.07, 6.45) is 2.37. The van der Waals surface area contributed by atoms with Crippen LogP contribution in [0.5, 0.6) is 0 Å². The number of rotatable bonds is 5. The lowest BCUT2D eigenvalue weighted by atomic mass is 10.1. The van der Waals surface area contributed by atoms with Crippen molar-refractivity contribution in [2.24, 2.45) is 5.92 Å². The number of hydrogen-bond donors (Lipinski definition) is 2. The van der Waals surface area contributed by atoms with Crippen molar-refractivity contribution < 1.29 is 19.6 Å². The quantitative estimate of drug-likeness (QED) is 0.479. The first-order valence-corrected chi connectivity index (χ1v) is 6.11. The number of nitrogens with one attached hydrogen (secondary N) is 1. The number of carbonyl (C=O) groups excluding carboxylic acids is 1. The monoisotopic (exact) mass is 299 g/mol. The van der Waals surface area contributed by atoms with E-state index in [0.717, 1.165) is 25.1 Å². The summed E-state index contributed by atoms with van der Waals surface area (Å²) in [6, 6.07) is -0.0472. The van der Waals surface area contributed by atoms with Crippen LogP contribution < -0.4 is 5.32 Å². The van der Waals surface area contributed by atoms with Gasteiger partial charge >= 0.3 is 5.97 Å². The minimum absolute atomic E-state index is 0.109. The number of hydrogen-bond acceptors (Lipinski definition) is 5. The number of pyridine rings is 1. The fourth-order valence-electron chi connectivity index (χ4n) is 1.73. The van der Waals surface area contributed by atoms with E-state index in [1.54, 1.807) is 0 Å². The molecule has 0 radical (unpaired) electrons. The maximum Gasteiger partial charge on any atom is 0.326 e. The fourth-order valence-corrected chi connectivity index (χ4v) is 1.92. The minimum atomic E-state index is -1.14. The highest BCUT2D eigenvalue weighted by Gasteiger charge is 2.37. The Bertz CT molecular complexity index is 587. The molecule has 1 aliphatic rings. The molecule has 2 rings (SSSR count). The molecule has 1 aliphatic carbocycles. The Morgan fingerprint density at radius 3 is 2.70 bits per heavy atom. The molecule has 0 spiro atoms. The molecular weight excluding hydrogens is 290 g/mol. The highest BCUT2D eigenvalue weighted by Crippen LogP contribution is 2.33. The summed E-state index contributed by atoms with van der Waals surface area (Å²) in [5, 5.41) is 21.8. The van der Waals surface area contributed by atoms with Crippen LogP contribution in [0.2, 0.25) is 5.15 Å². The zero-order chi connectivity index (χ0) is 14.9. The van der Waals surface area contributed by atoms with E-state index in [1.807, 2.05) is 0 Å². The van der Waals surface area contributed by atoms with Crippen molar-refractivity contribution in [3.8, 4) is 0 Å². The third kappa shape index (κ3) is 3.02. The summed E-state index contributed by atoms with van der Waals surface area (Å²) in [7, 11) is 0. The van der Waals surface area contributed by atoms with E-state index in [2.05, 4.69) is 10.3 Å². The molecule has 1 heterocycles. The number of carboxylic acids is 1. The molecule has 106 valence electrons. The van der Waals surface area contributed by atoms with Gasteiger partial charge in [-0.2, -0.15) is 0 Å². The maximum absolute atomic E-state index is 12.0. The van der Waals surface area contributed by atoms with Crippen molar-refractivity contribution in [2.75, 3.05) is 0 Å². The van der Waals surface area contributed by atoms with E-state index in [0.29, 0.717) is 0 Å². The molecule has 1 amide bonds. The van der Waals surface area contributed by atoms with Crippen LogP contribution in [0.15, 0.2) is 12.3 Å². The molecule has 1 aromatic heterocycles. The SMILES string of the molecule is O=C(NC(C(=O)O)C1CC1)c1cc([N+](=O)[O-])cnc1Cl. The highest BCUT2D eigenvalue weighted by atomic mass is 35.5. The van der Waals surface area contributed by atoms with Crippen LogP contribution >= 0.6 is 11.6 Å². The Morgan fingerprint density at radius 1 is 1.55 bits per heavy atom. The first-order valence-electron chi connectivity index (χ1n) is 5.73. The van der Waals surface area contributed by atoms with Gasteiger partial charge in [0.05, 0.1) is 10.5 Å². The first-order chi connectivity index (χ1) is 9.40. The summed E-state index contributed by atoms with van der Waals surface area (Å²) in [5.74, 6) is -2.04. The number of nitro groups is 1. The molecule has 8 nitrogen and oxygen atoms in total. The number of carbonyl (C=O) groups is 2. The third-order valence-electron chi connectivity index (χ3n) is 2.93. The Labute approximate surface area is 117 Å². The van der Waals surface area contributed by atoms with Gasteiger partial charge in [0.2, 0.25) is 0 Å². The number of halogens is 1. The van der Waals surface area contributed by atoms with E-state index in [9.17, 15) is 19.7 Å². The van der Waals surface area contributed by atoms with Crippen molar-refractivity contribution in [1.82, 2.24) is 10.3 Å². The molecule has 9 heteroatoms. The number of aromatic nitrogens is 1. The molecule has 2 N–H and O–H groups in total. The van der Waals surface area contributed by atoms with E-state index < -0.39 is 28.5 Å². The smallest absolute Gasteiger partial charge is 0.326 e. The number of carboxylic acid groups (broad SMARTS) is 1. The fraction of sp³-hybridized carbons (Fsp3) is 0.364. The minimum Gasteiger partial charge on any atom is -0.480 e. The van der Waals surface area contributed by atoms with Crippen LogP contribution in [-0.4, -0.2) is 32.9 Å². The van der Waals surface area contributed by atoms with Gasteiger partial charge in [-0.15, -0.1) is 0 Å². The van der Waals surface area contributed by atoms with Crippen molar-refractivity contribution in [2.45, 2.75) is 18.9 Å². The normalized spacial score (nSPS) is 15.4. The average Bonchev–Trinajstić information content (AvgIpc) is 3.19. The Balaban J connectivity index is 2.21. The largest absolute Gasteiger partial charge is 0.480 e. The Morgan fingerprint density at radius 2 is 2.20 bits per heavy atom. The van der Waals surface area contributed by atoms with Gasteiger partial charge in [0.1, 0.15) is 17.4 Å². The molecule has 20 heavy (non-hydrogen) atoms. The lowest BCUT2D eigenvalue weighted by Gasteiger charge is -2.13. The van der Waals surface area contributed by atoms with Gasteiger partial charge in [0, 0.05) is 6.07 Å². The predicted molar refractivity (Wildman–Crippen MR) is 67.5 cm³/mol. The summed E-state index contributed by atoms with van der Waals surface area (Å²) < 4.78 is 0. The van der Waals surface area contributed by atoms with Crippen LogP contribution in [0.4, 0.5) is 5.69 Å². The molecule has 1 saturated carbocycles. The van der Waals surface area contributed by atoms with Crippen LogP contribution in [0.1, 0.15) is 23.2 Å². The van der Waals surface area contributed by atoms with Crippen LogP contribution in [0, 0.1) is 16.0 Å². The summed E-state index contributed by atoms with van der Waals surface area (Å²) in [5.41, 5.74) is -0.606. The van der Waals surface area contributed by atoms with E-state index >= 15 is 0 Å². The van der Waals surface area contributed by atoms with Gasteiger partial charge in [-0.1, -0.05) is 11.6 Å². The van der Waals surface area contributed by atoms with Crippen molar-refractivity contribution in [1.29, 1.82) is 0 Å². The molecule has 1 fully saturated rings. The lowest BCUT2D eigenvalue weighted by Crippen LogP contribution is -2.42. The third-order valence-corrected chi connectivity index (χ3v) is 3.23. The molecule has 1 aromatic rings. The highest BCUT2D eigenvalue weighted by molar-refractivity contribution is 6.32. The van der Waals surface area contributed by atoms with Crippen molar-refractivity contribution in [3.63, 3.8) is 0 Å². The molecular formula is C11H10ClN3O5. The second-order valence-corrected chi connectivity index (χ2v) is 4.77. The first kappa shape index (κ1) is 14.2. The van der Waals surface area contributed by atoms with Crippen molar-refractivity contribution >= 4 is 29.2 Å². The van der Waals surface area contributed by atoms with Gasteiger partial charge in [0.15, 0.2) is 0 Å². The second-order valence-electron chi connectivity index (χ2n) is 4.42. The maximum atomic E-state index is 12.0. The lowest BCUT2D eigenvalue weighted by molar-refractivity contribution is -0.385. The van der Waals surface area contributed by atoms with Gasteiger partial charge in [-0.25, -0.2) is 9.78 Å². The Hall–Kier alpha value is -2.22. The molecule has 1 unspecified atom stereocenters. The number of nitrogens with zero attached hydrogens (tertiary/aromatic N) is 2. The molecule has 0 aromatic carbocycles. The summed E-state index contributed by atoms with van der Waals surface area (Å²) in [6.45, 7) is 0. The molecule has 0 aliphatic heterocycles. The molecule has 1 atom stereocenters. The van der Waals surface area contributed by atoms with Gasteiger partial charge < -0.3 is 10.4 Å². The summed E-state index contributed by atoms with van der Waals surface area (Å²) in [4.78, 5) is 36.5. The van der Waals surface area contributed by atoms with Crippen LogP contribution in [-0.2, 0) is 4.79 Å². The Kier molecular flexibility index (Phi) is 3.84. The molecule has 0 bridgehead atoms. The average molecular weight is 300 g/mol. The van der Waals surface area contributed by atoms with Gasteiger partial charge in [-0.3, -0.25) is 14.9 Å². The van der Waals surface area contributed by atoms with Crippen LogP contribution in [0.3, 0.4) is 0 Å². The zero-order valence-electron chi connectivity index (χ0n) is 10.1. The predicted octanol–water partition coefficient (Wildman–Crippen LogP) is 1.24. The number of aliphatic carboxylic acids is 1. The number of amides is 1. The van der Waals surface area contributed by atoms with Crippen LogP contribution in [0.25, 0.3) is 0 Å². The standard InChI is InChI=1S/C11H10ClN3O5/c12-9-7(3-6(4-13-9)15(19)20)10(16)14-8(11(17)18)5-1-2-5/h3-5,8H,1-2H2,(H,14,16)(H,17,18). The second kappa shape index (κ2) is 5.41. The van der Waals surface area contributed by atoms with Gasteiger partial charge in [-0.05, 0) is 18.8 Å². The topological polar surface area (TPSA) is 122 Å².